The van der Waals surface area contributed by atoms with E-state index in [9.17, 15) is 4.79 Å². The third kappa shape index (κ3) is 5.28. The normalized spacial score (nSPS) is 10.1. The molecular formula is C17H20N2O2. The van der Waals surface area contributed by atoms with Gasteiger partial charge < -0.3 is 15.4 Å². The summed E-state index contributed by atoms with van der Waals surface area (Å²) in [4.78, 5) is 11.7. The maximum atomic E-state index is 11.7. The van der Waals surface area contributed by atoms with Gasteiger partial charge in [-0.1, -0.05) is 42.5 Å². The molecule has 1 amide bonds. The Labute approximate surface area is 125 Å². The molecular weight excluding hydrogens is 264 g/mol. The Morgan fingerprint density at radius 3 is 2.29 bits per heavy atom. The molecule has 110 valence electrons. The van der Waals surface area contributed by atoms with Crippen LogP contribution in [0.3, 0.4) is 0 Å². The fourth-order valence-electron chi connectivity index (χ4n) is 1.92. The minimum Gasteiger partial charge on any atom is -0.497 e. The van der Waals surface area contributed by atoms with Crippen molar-refractivity contribution in [3.8, 4) is 5.75 Å². The van der Waals surface area contributed by atoms with Crippen molar-refractivity contribution < 1.29 is 9.53 Å². The van der Waals surface area contributed by atoms with Crippen molar-refractivity contribution >= 4 is 5.91 Å². The zero-order valence-electron chi connectivity index (χ0n) is 12.1. The van der Waals surface area contributed by atoms with Crippen LogP contribution in [0.1, 0.15) is 11.1 Å². The number of hydrogen-bond acceptors (Lipinski definition) is 3. The first kappa shape index (κ1) is 15.1. The summed E-state index contributed by atoms with van der Waals surface area (Å²) in [6.07, 6.45) is 0. The molecule has 2 aromatic carbocycles. The van der Waals surface area contributed by atoms with Crippen molar-refractivity contribution in [1.29, 1.82) is 0 Å². The van der Waals surface area contributed by atoms with Gasteiger partial charge in [-0.3, -0.25) is 4.79 Å². The van der Waals surface area contributed by atoms with Crippen molar-refractivity contribution in [2.45, 2.75) is 13.1 Å². The second-order valence-electron chi connectivity index (χ2n) is 4.71. The van der Waals surface area contributed by atoms with E-state index in [0.29, 0.717) is 19.6 Å². The Balaban J connectivity index is 1.67. The van der Waals surface area contributed by atoms with Gasteiger partial charge in [0.15, 0.2) is 0 Å². The quantitative estimate of drug-likeness (QED) is 0.818. The number of ether oxygens (including phenoxy) is 1. The first-order chi connectivity index (χ1) is 10.3. The number of amides is 1. The van der Waals surface area contributed by atoms with Crippen LogP contribution in [-0.4, -0.2) is 19.6 Å². The zero-order valence-corrected chi connectivity index (χ0v) is 12.1. The third-order valence-corrected chi connectivity index (χ3v) is 3.11. The summed E-state index contributed by atoms with van der Waals surface area (Å²) in [7, 11) is 1.63. The summed E-state index contributed by atoms with van der Waals surface area (Å²) < 4.78 is 5.09. The summed E-state index contributed by atoms with van der Waals surface area (Å²) in [6, 6.07) is 17.7. The Bertz CT molecular complexity index is 553. The summed E-state index contributed by atoms with van der Waals surface area (Å²) in [5.74, 6) is 0.802. The van der Waals surface area contributed by atoms with Gasteiger partial charge in [0.25, 0.3) is 0 Å². The van der Waals surface area contributed by atoms with Gasteiger partial charge in [-0.2, -0.15) is 0 Å². The lowest BCUT2D eigenvalue weighted by atomic mass is 10.2. The molecule has 21 heavy (non-hydrogen) atoms. The van der Waals surface area contributed by atoms with Gasteiger partial charge in [0.1, 0.15) is 5.75 Å². The molecule has 2 rings (SSSR count). The monoisotopic (exact) mass is 284 g/mol. The Kier molecular flexibility index (Phi) is 5.79. The maximum Gasteiger partial charge on any atom is 0.234 e. The average molecular weight is 284 g/mol. The van der Waals surface area contributed by atoms with E-state index in [1.807, 2.05) is 54.6 Å². The van der Waals surface area contributed by atoms with Crippen LogP contribution in [0.4, 0.5) is 0 Å². The molecule has 0 bridgehead atoms. The highest BCUT2D eigenvalue weighted by molar-refractivity contribution is 5.77. The molecule has 0 aromatic heterocycles. The molecule has 0 fully saturated rings. The average Bonchev–Trinajstić information content (AvgIpc) is 2.54. The summed E-state index contributed by atoms with van der Waals surface area (Å²) in [5.41, 5.74) is 2.22. The second kappa shape index (κ2) is 8.07. The predicted octanol–water partition coefficient (Wildman–Crippen LogP) is 2.10. The minimum absolute atomic E-state index is 0.0123. The maximum absolute atomic E-state index is 11.7. The number of carbonyl (C=O) groups excluding carboxylic acids is 1. The van der Waals surface area contributed by atoms with Crippen LogP contribution in [-0.2, 0) is 17.9 Å². The van der Waals surface area contributed by atoms with Gasteiger partial charge in [0, 0.05) is 13.1 Å². The number of hydrogen-bond donors (Lipinski definition) is 2. The zero-order chi connectivity index (χ0) is 14.9. The SMILES string of the molecule is COc1ccc(CNC(=O)CNCc2ccccc2)cc1. The number of methoxy groups -OCH3 is 1. The predicted molar refractivity (Wildman–Crippen MR) is 83.0 cm³/mol. The molecule has 0 heterocycles. The first-order valence-electron chi connectivity index (χ1n) is 6.92. The summed E-state index contributed by atoms with van der Waals surface area (Å²) >= 11 is 0. The minimum atomic E-state index is -0.0123. The van der Waals surface area contributed by atoms with E-state index in [1.54, 1.807) is 7.11 Å². The Morgan fingerprint density at radius 1 is 0.952 bits per heavy atom. The molecule has 0 aliphatic rings. The fraction of sp³-hybridized carbons (Fsp3) is 0.235. The smallest absolute Gasteiger partial charge is 0.234 e. The van der Waals surface area contributed by atoms with E-state index in [4.69, 9.17) is 4.74 Å². The van der Waals surface area contributed by atoms with Gasteiger partial charge in [0.2, 0.25) is 5.91 Å². The molecule has 0 saturated heterocycles. The lowest BCUT2D eigenvalue weighted by Crippen LogP contribution is -2.33. The number of nitrogens with one attached hydrogen (secondary N) is 2. The second-order valence-corrected chi connectivity index (χ2v) is 4.71. The van der Waals surface area contributed by atoms with Crippen molar-refractivity contribution in [3.05, 3.63) is 65.7 Å². The van der Waals surface area contributed by atoms with Gasteiger partial charge in [-0.15, -0.1) is 0 Å². The first-order valence-corrected chi connectivity index (χ1v) is 6.92. The Hall–Kier alpha value is -2.33. The molecule has 4 nitrogen and oxygen atoms in total. The lowest BCUT2D eigenvalue weighted by molar-refractivity contribution is -0.120. The van der Waals surface area contributed by atoms with Crippen LogP contribution in [0.2, 0.25) is 0 Å². The molecule has 0 unspecified atom stereocenters. The van der Waals surface area contributed by atoms with Gasteiger partial charge in [0.05, 0.1) is 13.7 Å². The fourth-order valence-corrected chi connectivity index (χ4v) is 1.92. The summed E-state index contributed by atoms with van der Waals surface area (Å²) in [6.45, 7) is 1.53. The molecule has 0 saturated carbocycles. The van der Waals surface area contributed by atoms with E-state index in [1.165, 1.54) is 5.56 Å². The molecule has 2 N–H and O–H groups in total. The van der Waals surface area contributed by atoms with E-state index < -0.39 is 0 Å². The van der Waals surface area contributed by atoms with Crippen LogP contribution >= 0.6 is 0 Å². The van der Waals surface area contributed by atoms with Gasteiger partial charge in [-0.05, 0) is 23.3 Å². The lowest BCUT2D eigenvalue weighted by Gasteiger charge is -2.07. The largest absolute Gasteiger partial charge is 0.497 e. The Morgan fingerprint density at radius 2 is 1.62 bits per heavy atom. The highest BCUT2D eigenvalue weighted by Crippen LogP contribution is 2.10. The highest BCUT2D eigenvalue weighted by Gasteiger charge is 2.01. The van der Waals surface area contributed by atoms with Crippen molar-refractivity contribution in [2.24, 2.45) is 0 Å². The van der Waals surface area contributed by atoms with E-state index in [-0.39, 0.29) is 5.91 Å². The molecule has 0 aliphatic carbocycles. The molecule has 4 heteroatoms. The molecule has 0 aliphatic heterocycles. The van der Waals surface area contributed by atoms with Crippen molar-refractivity contribution in [1.82, 2.24) is 10.6 Å². The van der Waals surface area contributed by atoms with Crippen LogP contribution in [0.15, 0.2) is 54.6 Å². The van der Waals surface area contributed by atoms with Crippen LogP contribution in [0.5, 0.6) is 5.75 Å². The number of benzene rings is 2. The van der Waals surface area contributed by atoms with Crippen LogP contribution in [0, 0.1) is 0 Å². The number of rotatable bonds is 7. The van der Waals surface area contributed by atoms with Crippen molar-refractivity contribution in [2.75, 3.05) is 13.7 Å². The van der Waals surface area contributed by atoms with E-state index in [0.717, 1.165) is 11.3 Å². The molecule has 0 radical (unpaired) electrons. The molecule has 0 spiro atoms. The highest BCUT2D eigenvalue weighted by atomic mass is 16.5. The van der Waals surface area contributed by atoms with Crippen molar-refractivity contribution in [3.63, 3.8) is 0 Å². The summed E-state index contributed by atoms with van der Waals surface area (Å²) in [5, 5.41) is 6.00. The van der Waals surface area contributed by atoms with Gasteiger partial charge >= 0.3 is 0 Å². The van der Waals surface area contributed by atoms with E-state index in [2.05, 4.69) is 10.6 Å². The third-order valence-electron chi connectivity index (χ3n) is 3.11. The topological polar surface area (TPSA) is 50.4 Å². The van der Waals surface area contributed by atoms with Gasteiger partial charge in [-0.25, -0.2) is 0 Å². The van der Waals surface area contributed by atoms with E-state index >= 15 is 0 Å². The number of carbonyl (C=O) groups is 1. The van der Waals surface area contributed by atoms with Crippen LogP contribution < -0.4 is 15.4 Å². The van der Waals surface area contributed by atoms with Crippen LogP contribution in [0.25, 0.3) is 0 Å². The standard InChI is InChI=1S/C17H20N2O2/c1-21-16-9-7-15(8-10-16)12-19-17(20)13-18-11-14-5-3-2-4-6-14/h2-10,18H,11-13H2,1H3,(H,19,20). The molecule has 0 atom stereocenters. The molecule has 2 aromatic rings.